The highest BCUT2D eigenvalue weighted by molar-refractivity contribution is 14.1. The van der Waals surface area contributed by atoms with Gasteiger partial charge in [0.15, 0.2) is 23.0 Å². The Bertz CT molecular complexity index is 1120. The number of benzene rings is 2. The highest BCUT2D eigenvalue weighted by Gasteiger charge is 2.31. The van der Waals surface area contributed by atoms with E-state index in [0.29, 0.717) is 25.4 Å². The molecule has 0 aliphatic carbocycles. The maximum Gasteiger partial charge on any atom is 0.150 e. The van der Waals surface area contributed by atoms with Gasteiger partial charge in [-0.05, 0) is 136 Å². The van der Waals surface area contributed by atoms with E-state index in [1.54, 1.807) is 0 Å². The Hall–Kier alpha value is -0.100. The predicted molar refractivity (Wildman–Crippen MR) is 170 cm³/mol. The van der Waals surface area contributed by atoms with E-state index in [-0.39, 0.29) is 30.1 Å². The van der Waals surface area contributed by atoms with Crippen molar-refractivity contribution in [2.24, 2.45) is 0 Å². The van der Waals surface area contributed by atoms with Crippen LogP contribution in [0.3, 0.4) is 0 Å². The second-order valence-corrected chi connectivity index (χ2v) is 13.1. The van der Waals surface area contributed by atoms with Gasteiger partial charge in [0.2, 0.25) is 0 Å². The van der Waals surface area contributed by atoms with Gasteiger partial charge in [-0.1, -0.05) is 0 Å². The molecule has 12 nitrogen and oxygen atoms in total. The van der Waals surface area contributed by atoms with Gasteiger partial charge < -0.3 is 58.6 Å². The molecule has 0 amide bonds. The minimum Gasteiger partial charge on any atom is -0.546 e. The molecule has 2 aromatic rings. The molecule has 0 saturated heterocycles. The third kappa shape index (κ3) is 8.46. The van der Waals surface area contributed by atoms with Gasteiger partial charge in [-0.25, -0.2) is 0 Å². The Morgan fingerprint density at radius 3 is 0.763 bits per heavy atom. The van der Waals surface area contributed by atoms with Crippen molar-refractivity contribution in [1.29, 1.82) is 0 Å². The summed E-state index contributed by atoms with van der Waals surface area (Å²) >= 11 is 11.2. The van der Waals surface area contributed by atoms with Crippen molar-refractivity contribution < 1.29 is 58.6 Å². The Morgan fingerprint density at radius 2 is 0.605 bits per heavy atom. The lowest BCUT2D eigenvalue weighted by Gasteiger charge is -2.24. The van der Waals surface area contributed by atoms with Crippen LogP contribution in [0, 0.1) is 21.4 Å². The molecule has 0 aliphatic rings. The van der Waals surface area contributed by atoms with Gasteiger partial charge in [0.05, 0.1) is 45.3 Å². The maximum absolute atomic E-state index is 11.1. The molecule has 18 heteroatoms. The Labute approximate surface area is 295 Å². The maximum atomic E-state index is 11.1. The first kappa shape index (κ1) is 34.1. The summed E-state index contributed by atoms with van der Waals surface area (Å²) in [6.45, 7) is -3.31. The van der Waals surface area contributed by atoms with E-state index in [0.717, 1.165) is 0 Å². The second kappa shape index (κ2) is 15.2. The lowest BCUT2D eigenvalue weighted by molar-refractivity contribution is -0.308. The Morgan fingerprint density at radius 1 is 0.421 bits per heavy atom. The monoisotopic (exact) mass is 1200 g/mol. The van der Waals surface area contributed by atoms with Gasteiger partial charge in [-0.2, -0.15) is 0 Å². The molecule has 0 bridgehead atoms. The zero-order valence-corrected chi connectivity index (χ0v) is 30.9. The standard InChI is InChI=1S/C20H12I6O12/c21-11-9(12(22)18(36-2-6(29)30)15(25)17(11)35-1-5(27)28)10-13(23)19(37-3-7(31)32)16(26)20(14(10)24)38-4-8(33)34/h1-4H2,(H,27,28)(H,29,30)(H,31,32)(H,33,34)/p-4. The van der Waals surface area contributed by atoms with E-state index in [1.807, 2.05) is 136 Å². The van der Waals surface area contributed by atoms with Crippen molar-refractivity contribution in [1.82, 2.24) is 0 Å². The van der Waals surface area contributed by atoms with Crippen LogP contribution in [0.5, 0.6) is 23.0 Å². The minimum absolute atomic E-state index is 0.0405. The van der Waals surface area contributed by atoms with Crippen LogP contribution >= 0.6 is 136 Å². The van der Waals surface area contributed by atoms with Crippen LogP contribution in [0.1, 0.15) is 0 Å². The Balaban J connectivity index is 2.99. The molecule has 2 aromatic carbocycles. The van der Waals surface area contributed by atoms with Gasteiger partial charge in [0.25, 0.3) is 0 Å². The molecule has 0 saturated carbocycles. The van der Waals surface area contributed by atoms with Gasteiger partial charge >= 0.3 is 0 Å². The quantitative estimate of drug-likeness (QED) is 0.234. The number of hydrogen-bond donors (Lipinski definition) is 0. The number of carbonyl (C=O) groups is 4. The highest BCUT2D eigenvalue weighted by Crippen LogP contribution is 2.52. The van der Waals surface area contributed by atoms with Crippen LogP contribution < -0.4 is 39.4 Å². The third-order valence-electron chi connectivity index (χ3n) is 4.06. The summed E-state index contributed by atoms with van der Waals surface area (Å²) < 4.78 is 23.8. The predicted octanol–water partition coefficient (Wildman–Crippen LogP) is -0.504. The van der Waals surface area contributed by atoms with Crippen molar-refractivity contribution in [2.75, 3.05) is 26.4 Å². The van der Waals surface area contributed by atoms with E-state index in [1.165, 1.54) is 0 Å². The number of carboxylic acids is 4. The normalized spacial score (nSPS) is 10.6. The zero-order chi connectivity index (χ0) is 28.9. The van der Waals surface area contributed by atoms with Crippen LogP contribution in [0.15, 0.2) is 0 Å². The van der Waals surface area contributed by atoms with Crippen LogP contribution in [0.2, 0.25) is 0 Å². The minimum atomic E-state index is -1.51. The fourth-order valence-electron chi connectivity index (χ4n) is 2.71. The van der Waals surface area contributed by atoms with E-state index in [2.05, 4.69) is 0 Å². The largest absolute Gasteiger partial charge is 0.546 e. The third-order valence-corrected chi connectivity index (χ3v) is 10.1. The number of rotatable bonds is 13. The topological polar surface area (TPSA) is 197 Å². The van der Waals surface area contributed by atoms with Crippen LogP contribution in [-0.2, 0) is 19.2 Å². The van der Waals surface area contributed by atoms with Crippen LogP contribution in [-0.4, -0.2) is 50.3 Å². The van der Waals surface area contributed by atoms with Gasteiger partial charge in [-0.15, -0.1) is 0 Å². The molecule has 0 spiro atoms. The fraction of sp³-hybridized carbons (Fsp3) is 0.200. The summed E-state index contributed by atoms with van der Waals surface area (Å²) in [4.78, 5) is 44.4. The SMILES string of the molecule is O=C([O-])COc1c(I)c(OCC(=O)[O-])c(I)c(-c2c(I)c(OCC(=O)[O-])c(I)c(OCC(=O)[O-])c2I)c1I. The van der Waals surface area contributed by atoms with E-state index in [9.17, 15) is 39.6 Å². The first-order valence-electron chi connectivity index (χ1n) is 9.40. The summed E-state index contributed by atoms with van der Waals surface area (Å²) in [6.07, 6.45) is 0. The molecule has 0 N–H and O–H groups in total. The molecular formula is C20H8I6O12-4. The summed E-state index contributed by atoms with van der Waals surface area (Å²) in [7, 11) is 0. The average molecular weight is 1200 g/mol. The van der Waals surface area contributed by atoms with E-state index < -0.39 is 50.3 Å². The molecule has 0 heterocycles. The molecule has 0 radical (unpaired) electrons. The van der Waals surface area contributed by atoms with Crippen LogP contribution in [0.25, 0.3) is 11.1 Å². The van der Waals surface area contributed by atoms with Crippen molar-refractivity contribution >= 4 is 159 Å². The van der Waals surface area contributed by atoms with Gasteiger partial charge in [-0.3, -0.25) is 0 Å². The summed E-state index contributed by atoms with van der Waals surface area (Å²) in [5.74, 6) is -5.88. The molecule has 0 aromatic heterocycles. The number of halogens is 6. The molecule has 0 atom stereocenters. The highest BCUT2D eigenvalue weighted by atomic mass is 127. The molecule has 0 unspecified atom stereocenters. The molecule has 206 valence electrons. The number of hydrogen-bond acceptors (Lipinski definition) is 12. The number of carbonyl (C=O) groups excluding carboxylic acids is 4. The fourth-order valence-corrected chi connectivity index (χ4v) is 11.4. The van der Waals surface area contributed by atoms with Crippen molar-refractivity contribution in [2.45, 2.75) is 0 Å². The molecule has 0 fully saturated rings. The first-order valence-corrected chi connectivity index (χ1v) is 15.9. The number of aliphatic carboxylic acids is 4. The van der Waals surface area contributed by atoms with Crippen molar-refractivity contribution in [3.05, 3.63) is 21.4 Å². The van der Waals surface area contributed by atoms with Crippen molar-refractivity contribution in [3.63, 3.8) is 0 Å². The molecule has 0 aliphatic heterocycles. The van der Waals surface area contributed by atoms with Gasteiger partial charge in [0.1, 0.15) is 26.4 Å². The first-order chi connectivity index (χ1) is 17.7. The van der Waals surface area contributed by atoms with E-state index in [4.69, 9.17) is 18.9 Å². The average Bonchev–Trinajstić information content (AvgIpc) is 2.80. The smallest absolute Gasteiger partial charge is 0.150 e. The molecule has 2 rings (SSSR count). The zero-order valence-electron chi connectivity index (χ0n) is 18.0. The van der Waals surface area contributed by atoms with Crippen molar-refractivity contribution in [3.8, 4) is 34.1 Å². The summed E-state index contributed by atoms with van der Waals surface area (Å²) in [6, 6.07) is 0. The lowest BCUT2D eigenvalue weighted by Crippen LogP contribution is -2.30. The number of ether oxygens (including phenoxy) is 4. The van der Waals surface area contributed by atoms with E-state index >= 15 is 0 Å². The van der Waals surface area contributed by atoms with Crippen LogP contribution in [0.4, 0.5) is 0 Å². The number of carboxylic acid groups (broad SMARTS) is 4. The lowest BCUT2D eigenvalue weighted by atomic mass is 10.0. The Kier molecular flexibility index (Phi) is 13.7. The second-order valence-electron chi connectivity index (χ2n) is 6.59. The molecule has 38 heavy (non-hydrogen) atoms. The van der Waals surface area contributed by atoms with Gasteiger partial charge in [0, 0.05) is 11.1 Å². The summed E-state index contributed by atoms with van der Waals surface area (Å²) in [5.41, 5.74) is 0.713. The molecular weight excluding hydrogens is 1190 g/mol. The summed E-state index contributed by atoms with van der Waals surface area (Å²) in [5, 5.41) is 44.4.